The standard InChI is InChI=1S/C11H10N2O4/c1-12-6-10(13(16)17)8-4-7(5-11(14)15)2-3-9(8)12/h2-4,6H,5H2,1H3,(H,14,15). The minimum atomic E-state index is -0.956. The van der Waals surface area contributed by atoms with E-state index in [-0.39, 0.29) is 12.1 Å². The maximum Gasteiger partial charge on any atom is 0.307 e. The SMILES string of the molecule is Cn1cc([N+](=O)[O-])c2cc(CC(=O)O)ccc21. The van der Waals surface area contributed by atoms with Gasteiger partial charge in [0, 0.05) is 7.05 Å². The lowest BCUT2D eigenvalue weighted by molar-refractivity contribution is -0.383. The fraction of sp³-hybridized carbons (Fsp3) is 0.182. The van der Waals surface area contributed by atoms with Gasteiger partial charge in [-0.25, -0.2) is 0 Å². The van der Waals surface area contributed by atoms with Crippen molar-refractivity contribution < 1.29 is 14.8 Å². The number of benzene rings is 1. The van der Waals surface area contributed by atoms with Gasteiger partial charge >= 0.3 is 5.97 Å². The molecule has 0 aliphatic carbocycles. The predicted molar refractivity (Wildman–Crippen MR) is 60.9 cm³/mol. The molecule has 0 bridgehead atoms. The second kappa shape index (κ2) is 3.89. The number of carboxylic acid groups (broad SMARTS) is 1. The van der Waals surface area contributed by atoms with Crippen LogP contribution in [0.25, 0.3) is 10.9 Å². The highest BCUT2D eigenvalue weighted by Crippen LogP contribution is 2.28. The molecule has 0 fully saturated rings. The zero-order valence-electron chi connectivity index (χ0n) is 9.08. The molecule has 0 amide bonds. The fourth-order valence-electron chi connectivity index (χ4n) is 1.85. The van der Waals surface area contributed by atoms with Crippen LogP contribution in [-0.4, -0.2) is 20.6 Å². The first-order valence-corrected chi connectivity index (χ1v) is 4.93. The first-order valence-electron chi connectivity index (χ1n) is 4.93. The lowest BCUT2D eigenvalue weighted by Gasteiger charge is -1.98. The zero-order chi connectivity index (χ0) is 12.6. The summed E-state index contributed by atoms with van der Waals surface area (Å²) in [6, 6.07) is 4.92. The number of carbonyl (C=O) groups is 1. The van der Waals surface area contributed by atoms with Crippen LogP contribution in [0.5, 0.6) is 0 Å². The second-order valence-corrected chi connectivity index (χ2v) is 3.80. The van der Waals surface area contributed by atoms with Crippen LogP contribution in [-0.2, 0) is 18.3 Å². The number of nitro groups is 1. The van der Waals surface area contributed by atoms with Crippen molar-refractivity contribution in [1.82, 2.24) is 4.57 Å². The minimum Gasteiger partial charge on any atom is -0.481 e. The van der Waals surface area contributed by atoms with Crippen LogP contribution in [0.4, 0.5) is 5.69 Å². The van der Waals surface area contributed by atoms with Gasteiger partial charge in [0.1, 0.15) is 0 Å². The summed E-state index contributed by atoms with van der Waals surface area (Å²) in [7, 11) is 1.71. The van der Waals surface area contributed by atoms with Gasteiger partial charge in [-0.15, -0.1) is 0 Å². The largest absolute Gasteiger partial charge is 0.481 e. The van der Waals surface area contributed by atoms with Crippen LogP contribution in [0.2, 0.25) is 0 Å². The number of aromatic nitrogens is 1. The Morgan fingerprint density at radius 2 is 2.24 bits per heavy atom. The molecule has 0 saturated heterocycles. The second-order valence-electron chi connectivity index (χ2n) is 3.80. The number of fused-ring (bicyclic) bond motifs is 1. The predicted octanol–water partition coefficient (Wildman–Crippen LogP) is 1.71. The van der Waals surface area contributed by atoms with E-state index in [1.54, 1.807) is 29.8 Å². The van der Waals surface area contributed by atoms with Crippen molar-refractivity contribution in [3.8, 4) is 0 Å². The highest BCUT2D eigenvalue weighted by molar-refractivity contribution is 5.90. The summed E-state index contributed by atoms with van der Waals surface area (Å²) < 4.78 is 1.65. The normalized spacial score (nSPS) is 10.6. The van der Waals surface area contributed by atoms with E-state index < -0.39 is 10.9 Å². The number of hydrogen-bond acceptors (Lipinski definition) is 3. The fourth-order valence-corrected chi connectivity index (χ4v) is 1.85. The van der Waals surface area contributed by atoms with Crippen molar-refractivity contribution in [2.45, 2.75) is 6.42 Å². The van der Waals surface area contributed by atoms with Crippen LogP contribution < -0.4 is 0 Å². The maximum absolute atomic E-state index is 10.8. The van der Waals surface area contributed by atoms with Gasteiger partial charge in [-0.3, -0.25) is 14.9 Å². The third kappa shape index (κ3) is 1.96. The average Bonchev–Trinajstić information content (AvgIpc) is 2.55. The quantitative estimate of drug-likeness (QED) is 0.647. The van der Waals surface area contributed by atoms with Crippen LogP contribution in [0, 0.1) is 10.1 Å². The highest BCUT2D eigenvalue weighted by Gasteiger charge is 2.16. The molecule has 88 valence electrons. The number of carboxylic acids is 1. The first-order chi connectivity index (χ1) is 7.99. The lowest BCUT2D eigenvalue weighted by atomic mass is 10.1. The molecule has 0 radical (unpaired) electrons. The van der Waals surface area contributed by atoms with Crippen LogP contribution in [0.1, 0.15) is 5.56 Å². The number of aryl methyl sites for hydroxylation is 1. The van der Waals surface area contributed by atoms with Crippen molar-refractivity contribution in [3.05, 3.63) is 40.1 Å². The van der Waals surface area contributed by atoms with Crippen molar-refractivity contribution >= 4 is 22.6 Å². The minimum absolute atomic E-state index is 0.00487. The molecule has 0 aliphatic heterocycles. The smallest absolute Gasteiger partial charge is 0.307 e. The van der Waals surface area contributed by atoms with Crippen LogP contribution >= 0.6 is 0 Å². The van der Waals surface area contributed by atoms with Gasteiger partial charge in [-0.2, -0.15) is 0 Å². The van der Waals surface area contributed by atoms with Gasteiger partial charge in [0.2, 0.25) is 0 Å². The average molecular weight is 234 g/mol. The molecule has 0 saturated carbocycles. The topological polar surface area (TPSA) is 85.4 Å². The van der Waals surface area contributed by atoms with Crippen molar-refractivity contribution in [2.75, 3.05) is 0 Å². The van der Waals surface area contributed by atoms with E-state index in [0.717, 1.165) is 0 Å². The molecule has 1 N–H and O–H groups in total. The lowest BCUT2D eigenvalue weighted by Crippen LogP contribution is -1.99. The molecular formula is C11H10N2O4. The van der Waals surface area contributed by atoms with Crippen LogP contribution in [0.3, 0.4) is 0 Å². The third-order valence-corrected chi connectivity index (χ3v) is 2.58. The summed E-state index contributed by atoms with van der Waals surface area (Å²) in [5, 5.41) is 20.0. The number of aliphatic carboxylic acids is 1. The Hall–Kier alpha value is -2.37. The van der Waals surface area contributed by atoms with E-state index >= 15 is 0 Å². The van der Waals surface area contributed by atoms with E-state index in [9.17, 15) is 14.9 Å². The molecule has 0 aliphatic rings. The summed E-state index contributed by atoms with van der Waals surface area (Å²) >= 11 is 0. The third-order valence-electron chi connectivity index (χ3n) is 2.58. The summed E-state index contributed by atoms with van der Waals surface area (Å²) in [5.74, 6) is -0.956. The van der Waals surface area contributed by atoms with Gasteiger partial charge in [-0.05, 0) is 17.7 Å². The number of hydrogen-bond donors (Lipinski definition) is 1. The molecule has 2 aromatic rings. The molecule has 6 nitrogen and oxygen atoms in total. The van der Waals surface area contributed by atoms with Crippen molar-refractivity contribution in [3.63, 3.8) is 0 Å². The van der Waals surface area contributed by atoms with E-state index in [0.29, 0.717) is 16.5 Å². The molecular weight excluding hydrogens is 224 g/mol. The molecule has 1 aromatic heterocycles. The number of rotatable bonds is 3. The number of nitrogens with zero attached hydrogens (tertiary/aromatic N) is 2. The molecule has 2 rings (SSSR count). The Morgan fingerprint density at radius 3 is 2.82 bits per heavy atom. The van der Waals surface area contributed by atoms with Gasteiger partial charge in [-0.1, -0.05) is 6.07 Å². The van der Waals surface area contributed by atoms with Gasteiger partial charge in [0.25, 0.3) is 5.69 Å². The van der Waals surface area contributed by atoms with Gasteiger partial charge in [0.15, 0.2) is 0 Å². The molecule has 1 heterocycles. The van der Waals surface area contributed by atoms with Gasteiger partial charge < -0.3 is 9.67 Å². The van der Waals surface area contributed by atoms with Crippen molar-refractivity contribution in [2.24, 2.45) is 7.05 Å². The van der Waals surface area contributed by atoms with E-state index in [1.807, 2.05) is 0 Å². The summed E-state index contributed by atoms with van der Waals surface area (Å²) in [4.78, 5) is 21.0. The molecule has 6 heteroatoms. The van der Waals surface area contributed by atoms with E-state index in [1.165, 1.54) is 6.20 Å². The van der Waals surface area contributed by atoms with Crippen molar-refractivity contribution in [1.29, 1.82) is 0 Å². The summed E-state index contributed by atoms with van der Waals surface area (Å²) in [6.07, 6.45) is 1.29. The Labute approximate surface area is 96.2 Å². The Bertz CT molecular complexity index is 615. The van der Waals surface area contributed by atoms with Gasteiger partial charge in [0.05, 0.1) is 28.4 Å². The Balaban J connectivity index is 2.62. The highest BCUT2D eigenvalue weighted by atomic mass is 16.6. The van der Waals surface area contributed by atoms with E-state index in [4.69, 9.17) is 5.11 Å². The maximum atomic E-state index is 10.8. The molecule has 17 heavy (non-hydrogen) atoms. The van der Waals surface area contributed by atoms with E-state index in [2.05, 4.69) is 0 Å². The summed E-state index contributed by atoms with van der Waals surface area (Å²) in [6.45, 7) is 0. The molecule has 0 unspecified atom stereocenters. The Morgan fingerprint density at radius 1 is 1.53 bits per heavy atom. The zero-order valence-corrected chi connectivity index (χ0v) is 9.08. The molecule has 0 atom stereocenters. The Kier molecular flexibility index (Phi) is 2.55. The summed E-state index contributed by atoms with van der Waals surface area (Å²) in [5.41, 5.74) is 1.26. The monoisotopic (exact) mass is 234 g/mol. The van der Waals surface area contributed by atoms with Crippen LogP contribution in [0.15, 0.2) is 24.4 Å². The molecule has 1 aromatic carbocycles. The molecule has 0 spiro atoms. The first kappa shape index (κ1) is 11.1.